The van der Waals surface area contributed by atoms with Crippen molar-refractivity contribution in [2.75, 3.05) is 20.3 Å². The van der Waals surface area contributed by atoms with Gasteiger partial charge in [0.05, 0.1) is 19.6 Å². The van der Waals surface area contributed by atoms with Crippen molar-refractivity contribution in [2.24, 2.45) is 0 Å². The monoisotopic (exact) mass is 280 g/mol. The molecule has 1 N–H and O–H groups in total. The zero-order chi connectivity index (χ0) is 14.8. The van der Waals surface area contributed by atoms with Gasteiger partial charge in [0.1, 0.15) is 5.60 Å². The fraction of sp³-hybridized carbons (Fsp3) is 0.400. The maximum absolute atomic E-state index is 13.8. The third kappa shape index (κ3) is 2.59. The van der Waals surface area contributed by atoms with Gasteiger partial charge in [-0.25, -0.2) is 4.39 Å². The Hall–Kier alpha value is -1.72. The van der Waals surface area contributed by atoms with E-state index in [9.17, 15) is 14.3 Å². The lowest BCUT2D eigenvalue weighted by Gasteiger charge is -2.28. The van der Waals surface area contributed by atoms with Gasteiger partial charge in [0, 0.05) is 6.61 Å². The fourth-order valence-electron chi connectivity index (χ4n) is 2.38. The van der Waals surface area contributed by atoms with E-state index in [0.29, 0.717) is 12.2 Å². The molecule has 0 saturated heterocycles. The van der Waals surface area contributed by atoms with Crippen LogP contribution in [0.15, 0.2) is 30.4 Å². The van der Waals surface area contributed by atoms with Gasteiger partial charge in [0.25, 0.3) is 0 Å². The molecule has 1 aliphatic rings. The highest BCUT2D eigenvalue weighted by Crippen LogP contribution is 2.37. The third-order valence-electron chi connectivity index (χ3n) is 3.37. The Balaban J connectivity index is 2.34. The quantitative estimate of drug-likeness (QED) is 0.894. The van der Waals surface area contributed by atoms with Gasteiger partial charge in [0.2, 0.25) is 0 Å². The lowest BCUT2D eigenvalue weighted by atomic mass is 9.84. The number of allylic oxidation sites excluding steroid dienone is 1. The molecule has 108 valence electrons. The van der Waals surface area contributed by atoms with E-state index >= 15 is 0 Å². The molecule has 0 aromatic heterocycles. The Morgan fingerprint density at radius 3 is 2.80 bits per heavy atom. The highest BCUT2D eigenvalue weighted by molar-refractivity contribution is 5.99. The average Bonchev–Trinajstić information content (AvgIpc) is 2.72. The lowest BCUT2D eigenvalue weighted by Crippen LogP contribution is -2.39. The van der Waals surface area contributed by atoms with E-state index in [1.54, 1.807) is 13.0 Å². The van der Waals surface area contributed by atoms with Gasteiger partial charge in [-0.15, -0.1) is 0 Å². The van der Waals surface area contributed by atoms with Crippen molar-refractivity contribution in [1.82, 2.24) is 0 Å². The molecule has 1 aromatic carbocycles. The molecule has 20 heavy (non-hydrogen) atoms. The number of methoxy groups -OCH3 is 1. The molecule has 2 rings (SSSR count). The summed E-state index contributed by atoms with van der Waals surface area (Å²) < 4.78 is 23.8. The van der Waals surface area contributed by atoms with Crippen molar-refractivity contribution in [3.05, 3.63) is 41.7 Å². The van der Waals surface area contributed by atoms with E-state index < -0.39 is 17.3 Å². The number of carbonyl (C=O) groups is 1. The minimum absolute atomic E-state index is 0.00987. The van der Waals surface area contributed by atoms with Crippen LogP contribution in [0.25, 0.3) is 0 Å². The molecular formula is C15H17FO4. The highest BCUT2D eigenvalue weighted by atomic mass is 19.1. The molecule has 0 heterocycles. The maximum Gasteiger partial charge on any atom is 0.166 e. The first kappa shape index (κ1) is 14.7. The SMILES string of the molecule is CCOC[C@@]1(O)C=CC(=O)[C@H]1c1ccc(OC)c(F)c1. The minimum atomic E-state index is -1.44. The van der Waals surface area contributed by atoms with Crippen LogP contribution in [-0.2, 0) is 9.53 Å². The Bertz CT molecular complexity index is 541. The van der Waals surface area contributed by atoms with Crippen LogP contribution in [0.5, 0.6) is 5.75 Å². The first-order valence-electron chi connectivity index (χ1n) is 6.38. The molecule has 0 aliphatic heterocycles. The summed E-state index contributed by atoms with van der Waals surface area (Å²) >= 11 is 0. The molecule has 0 bridgehead atoms. The summed E-state index contributed by atoms with van der Waals surface area (Å²) in [5.41, 5.74) is -1.03. The van der Waals surface area contributed by atoms with E-state index in [1.165, 1.54) is 31.4 Å². The second-order valence-electron chi connectivity index (χ2n) is 4.69. The summed E-state index contributed by atoms with van der Waals surface area (Å²) in [6.07, 6.45) is 2.73. The predicted molar refractivity (Wildman–Crippen MR) is 71.3 cm³/mol. The molecule has 0 amide bonds. The molecule has 5 heteroatoms. The van der Waals surface area contributed by atoms with Crippen LogP contribution in [0.3, 0.4) is 0 Å². The second-order valence-corrected chi connectivity index (χ2v) is 4.69. The summed E-state index contributed by atoms with van der Waals surface area (Å²) in [5, 5.41) is 10.5. The van der Waals surface area contributed by atoms with E-state index in [1.807, 2.05) is 0 Å². The molecule has 1 aromatic rings. The third-order valence-corrected chi connectivity index (χ3v) is 3.37. The first-order chi connectivity index (χ1) is 9.51. The summed E-state index contributed by atoms with van der Waals surface area (Å²) in [7, 11) is 1.37. The number of hydrogen-bond donors (Lipinski definition) is 1. The molecule has 4 nitrogen and oxygen atoms in total. The molecule has 0 fully saturated rings. The van der Waals surface area contributed by atoms with Crippen LogP contribution in [0.4, 0.5) is 4.39 Å². The van der Waals surface area contributed by atoms with E-state index in [2.05, 4.69) is 0 Å². The zero-order valence-electron chi connectivity index (χ0n) is 11.4. The number of hydrogen-bond acceptors (Lipinski definition) is 4. The van der Waals surface area contributed by atoms with Crippen LogP contribution in [0, 0.1) is 5.82 Å². The molecule has 2 atom stereocenters. The fourth-order valence-corrected chi connectivity index (χ4v) is 2.38. The molecule has 0 unspecified atom stereocenters. The average molecular weight is 280 g/mol. The Kier molecular flexibility index (Phi) is 4.20. The Labute approximate surface area is 116 Å². The van der Waals surface area contributed by atoms with Gasteiger partial charge < -0.3 is 14.6 Å². The smallest absolute Gasteiger partial charge is 0.166 e. The largest absolute Gasteiger partial charge is 0.494 e. The number of aliphatic hydroxyl groups is 1. The molecule has 0 radical (unpaired) electrons. The number of halogens is 1. The van der Waals surface area contributed by atoms with Gasteiger partial charge in [-0.05, 0) is 36.8 Å². The maximum atomic E-state index is 13.8. The predicted octanol–water partition coefficient (Wildman–Crippen LogP) is 1.82. The van der Waals surface area contributed by atoms with E-state index in [-0.39, 0.29) is 18.1 Å². The standard InChI is InChI=1S/C15H17FO4/c1-3-20-9-15(18)7-6-12(17)14(15)10-4-5-13(19-2)11(16)8-10/h4-8,14,18H,3,9H2,1-2H3/t14-,15+/m1/s1. The topological polar surface area (TPSA) is 55.8 Å². The zero-order valence-corrected chi connectivity index (χ0v) is 11.4. The second kappa shape index (κ2) is 5.73. The van der Waals surface area contributed by atoms with Gasteiger partial charge in [-0.3, -0.25) is 4.79 Å². The summed E-state index contributed by atoms with van der Waals surface area (Å²) in [6, 6.07) is 4.23. The molecule has 1 aliphatic carbocycles. The van der Waals surface area contributed by atoms with Gasteiger partial charge >= 0.3 is 0 Å². The molecule has 0 saturated carbocycles. The van der Waals surface area contributed by atoms with Crippen molar-refractivity contribution in [1.29, 1.82) is 0 Å². The van der Waals surface area contributed by atoms with Crippen LogP contribution >= 0.6 is 0 Å². The van der Waals surface area contributed by atoms with Gasteiger partial charge in [-0.1, -0.05) is 6.07 Å². The Morgan fingerprint density at radius 1 is 1.45 bits per heavy atom. The van der Waals surface area contributed by atoms with Crippen LogP contribution in [0.2, 0.25) is 0 Å². The van der Waals surface area contributed by atoms with Crippen molar-refractivity contribution in [3.63, 3.8) is 0 Å². The minimum Gasteiger partial charge on any atom is -0.494 e. The first-order valence-corrected chi connectivity index (χ1v) is 6.38. The highest BCUT2D eigenvalue weighted by Gasteiger charge is 2.44. The van der Waals surface area contributed by atoms with Crippen LogP contribution in [0.1, 0.15) is 18.4 Å². The number of carbonyl (C=O) groups excluding carboxylic acids is 1. The van der Waals surface area contributed by atoms with Crippen molar-refractivity contribution >= 4 is 5.78 Å². The normalized spacial score (nSPS) is 25.2. The number of ether oxygens (including phenoxy) is 2. The number of ketones is 1. The van der Waals surface area contributed by atoms with Crippen molar-refractivity contribution in [3.8, 4) is 5.75 Å². The lowest BCUT2D eigenvalue weighted by molar-refractivity contribution is -0.120. The van der Waals surface area contributed by atoms with Gasteiger partial charge in [0.15, 0.2) is 17.3 Å². The Morgan fingerprint density at radius 2 is 2.20 bits per heavy atom. The molecular weight excluding hydrogens is 263 g/mol. The molecule has 0 spiro atoms. The van der Waals surface area contributed by atoms with E-state index in [4.69, 9.17) is 9.47 Å². The van der Waals surface area contributed by atoms with Crippen LogP contribution < -0.4 is 4.74 Å². The van der Waals surface area contributed by atoms with Gasteiger partial charge in [-0.2, -0.15) is 0 Å². The summed E-state index contributed by atoms with van der Waals surface area (Å²) in [4.78, 5) is 12.0. The number of benzene rings is 1. The van der Waals surface area contributed by atoms with Crippen molar-refractivity contribution in [2.45, 2.75) is 18.4 Å². The van der Waals surface area contributed by atoms with E-state index in [0.717, 1.165) is 0 Å². The van der Waals surface area contributed by atoms with Crippen molar-refractivity contribution < 1.29 is 23.8 Å². The van der Waals surface area contributed by atoms with Crippen LogP contribution in [-0.4, -0.2) is 36.8 Å². The number of rotatable bonds is 5. The summed E-state index contributed by atoms with van der Waals surface area (Å²) in [6.45, 7) is 2.21. The summed E-state index contributed by atoms with van der Waals surface area (Å²) in [5.74, 6) is -1.59.